The van der Waals surface area contributed by atoms with Crippen molar-refractivity contribution in [3.63, 3.8) is 0 Å². The molecule has 0 saturated carbocycles. The van der Waals surface area contributed by atoms with Crippen LogP contribution in [0.5, 0.6) is 0 Å². The van der Waals surface area contributed by atoms with Gasteiger partial charge in [0.1, 0.15) is 28.2 Å². The molecular formula is C45H59ClFN7O9. The van der Waals surface area contributed by atoms with Gasteiger partial charge >= 0.3 is 24.4 Å². The number of anilines is 1. The molecule has 5 amide bonds. The molecule has 4 rings (SSSR count). The minimum absolute atomic E-state index is 0.00194. The predicted octanol–water partition coefficient (Wildman–Crippen LogP) is 9.54. The zero-order chi connectivity index (χ0) is 47.1. The zero-order valence-electron chi connectivity index (χ0n) is 38.1. The molecule has 2 aromatic rings. The standard InChI is InChI=1S/C45H59ClFN7O9/c1-42(2,3)60-38(56)49-36(50-39(57)61-43(4,5)6)53-21-17-28(18-22-53)27-13-15-30(16-14-27)35(55)48-31-25-32(46)34(33(47)26-31)29-19-23-54(24-20-29)37(51-40(58)62-44(7,8)9)52-41(59)63-45(10,11)12/h13-17,19,25-26H,18,20-24H2,1-12H3,(H,48,55)(H,49,50,56,57)(H,51,52,58,59). The summed E-state index contributed by atoms with van der Waals surface area (Å²) in [6.45, 7) is 21.6. The Morgan fingerprint density at radius 3 is 1.44 bits per heavy atom. The molecular weight excluding hydrogens is 837 g/mol. The van der Waals surface area contributed by atoms with Crippen LogP contribution >= 0.6 is 11.6 Å². The Balaban J connectivity index is 1.43. The second kappa shape index (κ2) is 20.0. The molecule has 342 valence electrons. The second-order valence-corrected chi connectivity index (χ2v) is 19.2. The third-order valence-electron chi connectivity index (χ3n) is 8.56. The minimum Gasteiger partial charge on any atom is -0.444 e. The summed E-state index contributed by atoms with van der Waals surface area (Å²) >= 11 is 6.62. The highest BCUT2D eigenvalue weighted by atomic mass is 35.5. The summed E-state index contributed by atoms with van der Waals surface area (Å²) < 4.78 is 37.1. The number of benzene rings is 2. The molecule has 0 fully saturated rings. The van der Waals surface area contributed by atoms with Crippen LogP contribution in [0.1, 0.15) is 117 Å². The van der Waals surface area contributed by atoms with E-state index >= 15 is 4.39 Å². The monoisotopic (exact) mass is 895 g/mol. The molecule has 0 spiro atoms. The SMILES string of the molecule is CC(C)(C)OC(=O)N=C(NC(=O)OC(C)(C)C)N1CC=C(c2ccc(C(=O)Nc3cc(F)c(C4=CCN(C(=NC(=O)OC(C)(C)C)NC(=O)OC(C)(C)C)CC4)c(Cl)c3)cc2)CC1. The van der Waals surface area contributed by atoms with Gasteiger partial charge in [-0.05, 0) is 137 Å². The Morgan fingerprint density at radius 2 is 1.06 bits per heavy atom. The molecule has 2 heterocycles. The molecule has 18 heteroatoms. The van der Waals surface area contributed by atoms with Crippen molar-refractivity contribution in [3.8, 4) is 0 Å². The highest BCUT2D eigenvalue weighted by Crippen LogP contribution is 2.34. The molecule has 0 aliphatic carbocycles. The minimum atomic E-state index is -0.907. The molecule has 0 saturated heterocycles. The lowest BCUT2D eigenvalue weighted by Gasteiger charge is -2.30. The van der Waals surface area contributed by atoms with Crippen LogP contribution in [0.25, 0.3) is 11.1 Å². The van der Waals surface area contributed by atoms with E-state index in [2.05, 4.69) is 25.9 Å². The summed E-state index contributed by atoms with van der Waals surface area (Å²) in [5.41, 5.74) is -0.133. The van der Waals surface area contributed by atoms with Crippen molar-refractivity contribution in [2.45, 2.75) is 118 Å². The molecule has 2 aliphatic rings. The number of ether oxygens (including phenoxy) is 4. The van der Waals surface area contributed by atoms with Gasteiger partial charge in [0.25, 0.3) is 5.91 Å². The van der Waals surface area contributed by atoms with Gasteiger partial charge in [0, 0.05) is 43.0 Å². The first-order valence-electron chi connectivity index (χ1n) is 20.5. The summed E-state index contributed by atoms with van der Waals surface area (Å²) in [6.07, 6.45) is 1.10. The summed E-state index contributed by atoms with van der Waals surface area (Å²) in [6, 6.07) is 9.56. The molecule has 0 aromatic heterocycles. The van der Waals surface area contributed by atoms with Crippen LogP contribution in [0.3, 0.4) is 0 Å². The molecule has 0 atom stereocenters. The fourth-order valence-corrected chi connectivity index (χ4v) is 6.42. The summed E-state index contributed by atoms with van der Waals surface area (Å²) in [5, 5.41) is 7.90. The van der Waals surface area contributed by atoms with E-state index in [0.717, 1.165) is 11.1 Å². The summed E-state index contributed by atoms with van der Waals surface area (Å²) in [7, 11) is 0. The van der Waals surface area contributed by atoms with E-state index in [1.54, 1.807) is 123 Å². The number of carbonyl (C=O) groups excluding carboxylic acids is 5. The first kappa shape index (κ1) is 49.7. The van der Waals surface area contributed by atoms with Gasteiger partial charge in [0.2, 0.25) is 11.9 Å². The van der Waals surface area contributed by atoms with Crippen LogP contribution in [0.2, 0.25) is 5.02 Å². The Morgan fingerprint density at radius 1 is 0.635 bits per heavy atom. The van der Waals surface area contributed by atoms with E-state index in [0.29, 0.717) is 30.6 Å². The first-order chi connectivity index (χ1) is 29.0. The van der Waals surface area contributed by atoms with Gasteiger partial charge in [-0.15, -0.1) is 9.98 Å². The first-order valence-corrected chi connectivity index (χ1v) is 20.8. The topological polar surface area (TPSA) is 190 Å². The lowest BCUT2D eigenvalue weighted by molar-refractivity contribution is 0.0536. The number of nitrogens with zero attached hydrogens (tertiary/aromatic N) is 4. The van der Waals surface area contributed by atoms with E-state index in [1.165, 1.54) is 12.1 Å². The summed E-state index contributed by atoms with van der Waals surface area (Å²) in [4.78, 5) is 75.1. The number of aliphatic imine (C=N–C) groups is 2. The lowest BCUT2D eigenvalue weighted by atomic mass is 9.98. The number of carbonyl (C=O) groups is 5. The van der Waals surface area contributed by atoms with Crippen LogP contribution in [-0.2, 0) is 18.9 Å². The third-order valence-corrected chi connectivity index (χ3v) is 8.86. The number of hydrogen-bond donors (Lipinski definition) is 3. The zero-order valence-corrected chi connectivity index (χ0v) is 38.8. The maximum Gasteiger partial charge on any atom is 0.437 e. The molecule has 16 nitrogen and oxygen atoms in total. The number of hydrogen-bond acceptors (Lipinski definition) is 9. The second-order valence-electron chi connectivity index (χ2n) is 18.8. The Bertz CT molecular complexity index is 2170. The van der Waals surface area contributed by atoms with Crippen molar-refractivity contribution in [1.82, 2.24) is 20.4 Å². The molecule has 2 aromatic carbocycles. The van der Waals surface area contributed by atoms with Crippen molar-refractivity contribution in [3.05, 3.63) is 76.1 Å². The molecule has 63 heavy (non-hydrogen) atoms. The van der Waals surface area contributed by atoms with E-state index in [-0.39, 0.29) is 47.7 Å². The normalized spacial score (nSPS) is 15.4. The van der Waals surface area contributed by atoms with Gasteiger partial charge in [0.05, 0.1) is 5.02 Å². The van der Waals surface area contributed by atoms with Crippen LogP contribution < -0.4 is 16.0 Å². The number of rotatable bonds is 4. The molecule has 3 N–H and O–H groups in total. The molecule has 0 bridgehead atoms. The van der Waals surface area contributed by atoms with Gasteiger partial charge in [-0.25, -0.2) is 23.6 Å². The quantitative estimate of drug-likeness (QED) is 0.151. The fourth-order valence-electron chi connectivity index (χ4n) is 6.09. The van der Waals surface area contributed by atoms with Crippen molar-refractivity contribution >= 4 is 70.6 Å². The van der Waals surface area contributed by atoms with Crippen LogP contribution in [0.4, 0.5) is 29.3 Å². The number of alkyl carbamates (subject to hydrolysis) is 2. The van der Waals surface area contributed by atoms with E-state index in [9.17, 15) is 24.0 Å². The van der Waals surface area contributed by atoms with Gasteiger partial charge in [0.15, 0.2) is 0 Å². The van der Waals surface area contributed by atoms with Crippen LogP contribution in [0.15, 0.2) is 58.5 Å². The van der Waals surface area contributed by atoms with Gasteiger partial charge in [-0.2, -0.15) is 0 Å². The maximum absolute atomic E-state index is 15.7. The van der Waals surface area contributed by atoms with Gasteiger partial charge < -0.3 is 34.1 Å². The van der Waals surface area contributed by atoms with Gasteiger partial charge in [-0.1, -0.05) is 35.9 Å². The Hall–Kier alpha value is -5.97. The number of guanidine groups is 2. The average Bonchev–Trinajstić information content (AvgIpc) is 3.11. The van der Waals surface area contributed by atoms with Crippen molar-refractivity contribution < 1.29 is 47.3 Å². The van der Waals surface area contributed by atoms with Crippen molar-refractivity contribution in [1.29, 1.82) is 0 Å². The number of amides is 5. The van der Waals surface area contributed by atoms with E-state index in [4.69, 9.17) is 30.5 Å². The van der Waals surface area contributed by atoms with Crippen LogP contribution in [0, 0.1) is 5.82 Å². The predicted molar refractivity (Wildman–Crippen MR) is 240 cm³/mol. The van der Waals surface area contributed by atoms with Crippen LogP contribution in [-0.4, -0.2) is 101 Å². The van der Waals surface area contributed by atoms with Gasteiger partial charge in [-0.3, -0.25) is 15.4 Å². The largest absolute Gasteiger partial charge is 0.444 e. The average molecular weight is 896 g/mol. The number of nitrogens with one attached hydrogen (secondary N) is 3. The highest BCUT2D eigenvalue weighted by Gasteiger charge is 2.28. The van der Waals surface area contributed by atoms with Crippen molar-refractivity contribution in [2.75, 3.05) is 31.5 Å². The summed E-state index contributed by atoms with van der Waals surface area (Å²) in [5.74, 6) is -1.22. The van der Waals surface area contributed by atoms with Crippen molar-refractivity contribution in [2.24, 2.45) is 9.98 Å². The highest BCUT2D eigenvalue weighted by molar-refractivity contribution is 6.32. The van der Waals surface area contributed by atoms with E-state index < -0.39 is 58.5 Å². The molecule has 0 unspecified atom stereocenters. The lowest BCUT2D eigenvalue weighted by Crippen LogP contribution is -2.48. The Kier molecular flexibility index (Phi) is 15.8. The fraction of sp³-hybridized carbons (Fsp3) is 0.489. The molecule has 0 radical (unpaired) electrons. The van der Waals surface area contributed by atoms with E-state index in [1.807, 2.05) is 6.08 Å². The third kappa shape index (κ3) is 16.3. The number of halogens is 2. The smallest absolute Gasteiger partial charge is 0.437 e. The maximum atomic E-state index is 15.7. The Labute approximate surface area is 373 Å². The molecule has 2 aliphatic heterocycles.